The van der Waals surface area contributed by atoms with Crippen LogP contribution in [0.15, 0.2) is 54.6 Å². The fourth-order valence-electron chi connectivity index (χ4n) is 3.19. The highest BCUT2D eigenvalue weighted by molar-refractivity contribution is 5.34. The summed E-state index contributed by atoms with van der Waals surface area (Å²) in [5.41, 5.74) is 3.99. The molecule has 0 bridgehead atoms. The third-order valence-electron chi connectivity index (χ3n) is 4.41. The van der Waals surface area contributed by atoms with Crippen LogP contribution in [0.3, 0.4) is 0 Å². The molecule has 2 aromatic carbocycles. The van der Waals surface area contributed by atoms with Gasteiger partial charge in [-0.3, -0.25) is 4.90 Å². The maximum absolute atomic E-state index is 9.77. The molecule has 0 spiro atoms. The summed E-state index contributed by atoms with van der Waals surface area (Å²) in [5, 5.41) is 9.77. The van der Waals surface area contributed by atoms with Gasteiger partial charge in [0.1, 0.15) is 0 Å². The Labute approximate surface area is 120 Å². The van der Waals surface area contributed by atoms with Crippen molar-refractivity contribution in [1.29, 1.82) is 0 Å². The highest BCUT2D eigenvalue weighted by Gasteiger charge is 2.31. The molecular formula is C18H21NO. The van der Waals surface area contributed by atoms with Crippen LogP contribution in [0.2, 0.25) is 0 Å². The zero-order valence-electron chi connectivity index (χ0n) is 11.9. The Morgan fingerprint density at radius 2 is 1.75 bits per heavy atom. The van der Waals surface area contributed by atoms with Crippen LogP contribution in [-0.2, 0) is 13.1 Å². The molecule has 0 radical (unpaired) electrons. The second kappa shape index (κ2) is 5.78. The van der Waals surface area contributed by atoms with Gasteiger partial charge in [-0.1, -0.05) is 54.6 Å². The van der Waals surface area contributed by atoms with E-state index in [-0.39, 0.29) is 12.5 Å². The summed E-state index contributed by atoms with van der Waals surface area (Å²) < 4.78 is 0. The number of rotatable bonds is 3. The van der Waals surface area contributed by atoms with E-state index < -0.39 is 0 Å². The van der Waals surface area contributed by atoms with Gasteiger partial charge >= 0.3 is 0 Å². The standard InChI is InChI=1S/C18H21NO/c1-14-18(13-20)17-10-6-5-9-16(17)12-19(14)11-15-7-3-2-4-8-15/h2-10,14,18,20H,11-13H2,1H3/t14-,18+/m0/s1. The molecule has 0 saturated carbocycles. The van der Waals surface area contributed by atoms with Crippen LogP contribution in [0.5, 0.6) is 0 Å². The Morgan fingerprint density at radius 3 is 2.50 bits per heavy atom. The first-order valence-electron chi connectivity index (χ1n) is 7.26. The van der Waals surface area contributed by atoms with Crippen LogP contribution in [-0.4, -0.2) is 22.7 Å². The van der Waals surface area contributed by atoms with Crippen molar-refractivity contribution in [2.24, 2.45) is 0 Å². The van der Waals surface area contributed by atoms with E-state index in [0.717, 1.165) is 13.1 Å². The lowest BCUT2D eigenvalue weighted by Gasteiger charge is -2.40. The van der Waals surface area contributed by atoms with Gasteiger partial charge in [-0.2, -0.15) is 0 Å². The molecule has 0 amide bonds. The lowest BCUT2D eigenvalue weighted by molar-refractivity contribution is 0.115. The highest BCUT2D eigenvalue weighted by atomic mass is 16.3. The van der Waals surface area contributed by atoms with Gasteiger partial charge < -0.3 is 5.11 Å². The maximum Gasteiger partial charge on any atom is 0.0514 e. The van der Waals surface area contributed by atoms with Gasteiger partial charge in [-0.15, -0.1) is 0 Å². The van der Waals surface area contributed by atoms with Crippen molar-refractivity contribution in [3.8, 4) is 0 Å². The number of benzene rings is 2. The van der Waals surface area contributed by atoms with Crippen LogP contribution >= 0.6 is 0 Å². The van der Waals surface area contributed by atoms with Crippen molar-refractivity contribution >= 4 is 0 Å². The molecule has 104 valence electrons. The lowest BCUT2D eigenvalue weighted by atomic mass is 9.84. The van der Waals surface area contributed by atoms with Crippen LogP contribution in [0.25, 0.3) is 0 Å². The largest absolute Gasteiger partial charge is 0.396 e. The second-order valence-electron chi connectivity index (χ2n) is 5.62. The second-order valence-corrected chi connectivity index (χ2v) is 5.62. The van der Waals surface area contributed by atoms with Crippen LogP contribution < -0.4 is 0 Å². The molecular weight excluding hydrogens is 246 g/mol. The van der Waals surface area contributed by atoms with E-state index >= 15 is 0 Å². The molecule has 20 heavy (non-hydrogen) atoms. The number of hydrogen-bond acceptors (Lipinski definition) is 2. The van der Waals surface area contributed by atoms with E-state index in [1.165, 1.54) is 16.7 Å². The van der Waals surface area contributed by atoms with Crippen molar-refractivity contribution in [3.05, 3.63) is 71.3 Å². The quantitative estimate of drug-likeness (QED) is 0.923. The summed E-state index contributed by atoms with van der Waals surface area (Å²) in [5.74, 6) is 0.212. The molecule has 1 heterocycles. The molecule has 2 nitrogen and oxygen atoms in total. The summed E-state index contributed by atoms with van der Waals surface area (Å²) >= 11 is 0. The van der Waals surface area contributed by atoms with Gasteiger partial charge in [0.25, 0.3) is 0 Å². The number of nitrogens with zero attached hydrogens (tertiary/aromatic N) is 1. The van der Waals surface area contributed by atoms with E-state index in [9.17, 15) is 5.11 Å². The molecule has 0 unspecified atom stereocenters. The molecule has 2 heteroatoms. The average molecular weight is 267 g/mol. The molecule has 1 aliphatic rings. The number of aliphatic hydroxyl groups is 1. The molecule has 3 rings (SSSR count). The minimum absolute atomic E-state index is 0.212. The van der Waals surface area contributed by atoms with Gasteiger partial charge in [0, 0.05) is 25.0 Å². The van der Waals surface area contributed by atoms with E-state index in [4.69, 9.17) is 0 Å². The van der Waals surface area contributed by atoms with Crippen molar-refractivity contribution in [3.63, 3.8) is 0 Å². The van der Waals surface area contributed by atoms with Crippen molar-refractivity contribution < 1.29 is 5.11 Å². The van der Waals surface area contributed by atoms with E-state index in [1.54, 1.807) is 0 Å². The van der Waals surface area contributed by atoms with Gasteiger partial charge in [0.15, 0.2) is 0 Å². The summed E-state index contributed by atoms with van der Waals surface area (Å²) in [6, 6.07) is 19.4. The Bertz CT molecular complexity index is 567. The third-order valence-corrected chi connectivity index (χ3v) is 4.41. The fraction of sp³-hybridized carbons (Fsp3) is 0.333. The molecule has 1 N–H and O–H groups in total. The average Bonchev–Trinajstić information content (AvgIpc) is 2.49. The Balaban J connectivity index is 1.87. The molecule has 0 saturated heterocycles. The van der Waals surface area contributed by atoms with Crippen LogP contribution in [0.4, 0.5) is 0 Å². The summed E-state index contributed by atoms with van der Waals surface area (Å²) in [6.45, 7) is 4.33. The minimum Gasteiger partial charge on any atom is -0.396 e. The van der Waals surface area contributed by atoms with Crippen molar-refractivity contribution in [2.75, 3.05) is 6.61 Å². The minimum atomic E-state index is 0.212. The number of hydrogen-bond donors (Lipinski definition) is 1. The smallest absolute Gasteiger partial charge is 0.0514 e. The normalized spacial score (nSPS) is 22.5. The Kier molecular flexibility index (Phi) is 3.86. The first-order chi connectivity index (χ1) is 9.79. The maximum atomic E-state index is 9.77. The van der Waals surface area contributed by atoms with Crippen molar-refractivity contribution in [1.82, 2.24) is 4.90 Å². The molecule has 0 aromatic heterocycles. The zero-order chi connectivity index (χ0) is 13.9. The third kappa shape index (κ3) is 2.49. The zero-order valence-corrected chi connectivity index (χ0v) is 11.9. The molecule has 2 atom stereocenters. The van der Waals surface area contributed by atoms with Crippen molar-refractivity contribution in [2.45, 2.75) is 32.0 Å². The molecule has 0 fully saturated rings. The fourth-order valence-corrected chi connectivity index (χ4v) is 3.19. The van der Waals surface area contributed by atoms with E-state index in [2.05, 4.69) is 66.4 Å². The van der Waals surface area contributed by atoms with Crippen LogP contribution in [0.1, 0.15) is 29.5 Å². The van der Waals surface area contributed by atoms with Gasteiger partial charge in [0.05, 0.1) is 6.61 Å². The van der Waals surface area contributed by atoms with E-state index in [0.29, 0.717) is 6.04 Å². The van der Waals surface area contributed by atoms with Crippen LogP contribution in [0, 0.1) is 0 Å². The molecule has 1 aliphatic heterocycles. The molecule has 0 aliphatic carbocycles. The highest BCUT2D eigenvalue weighted by Crippen LogP contribution is 2.33. The van der Waals surface area contributed by atoms with Gasteiger partial charge in [0.2, 0.25) is 0 Å². The van der Waals surface area contributed by atoms with Gasteiger partial charge in [-0.05, 0) is 23.6 Å². The first kappa shape index (κ1) is 13.3. The monoisotopic (exact) mass is 267 g/mol. The molecule has 2 aromatic rings. The predicted molar refractivity (Wildman–Crippen MR) is 81.4 cm³/mol. The summed E-state index contributed by atoms with van der Waals surface area (Å²) in [4.78, 5) is 2.46. The number of aliphatic hydroxyl groups excluding tert-OH is 1. The lowest BCUT2D eigenvalue weighted by Crippen LogP contribution is -2.42. The number of fused-ring (bicyclic) bond motifs is 1. The van der Waals surface area contributed by atoms with E-state index in [1.807, 2.05) is 0 Å². The topological polar surface area (TPSA) is 23.5 Å². The summed E-state index contributed by atoms with van der Waals surface area (Å²) in [6.07, 6.45) is 0. The first-order valence-corrected chi connectivity index (χ1v) is 7.26. The van der Waals surface area contributed by atoms with Gasteiger partial charge in [-0.25, -0.2) is 0 Å². The Hall–Kier alpha value is -1.64. The predicted octanol–water partition coefficient (Wildman–Crippen LogP) is 3.17. The summed E-state index contributed by atoms with van der Waals surface area (Å²) in [7, 11) is 0. The SMILES string of the molecule is C[C@H]1[C@@H](CO)c2ccccc2CN1Cc1ccccc1. The Morgan fingerprint density at radius 1 is 1.05 bits per heavy atom.